The first kappa shape index (κ1) is 20.1. The first-order chi connectivity index (χ1) is 15.6. The maximum absolute atomic E-state index is 9.10. The molecule has 4 aromatic rings. The van der Waals surface area contributed by atoms with Gasteiger partial charge < -0.3 is 19.9 Å². The second-order valence-electron chi connectivity index (χ2n) is 7.89. The summed E-state index contributed by atoms with van der Waals surface area (Å²) in [6, 6.07) is 7.86. The lowest BCUT2D eigenvalue weighted by molar-refractivity contribution is 0.0677. The van der Waals surface area contributed by atoms with Crippen LogP contribution in [0, 0.1) is 11.3 Å². The van der Waals surface area contributed by atoms with Crippen molar-refractivity contribution in [1.29, 1.82) is 5.26 Å². The van der Waals surface area contributed by atoms with E-state index in [4.69, 9.17) is 14.5 Å². The van der Waals surface area contributed by atoms with Crippen LogP contribution in [0.5, 0.6) is 0 Å². The zero-order valence-corrected chi connectivity index (χ0v) is 17.7. The average molecular weight is 430 g/mol. The van der Waals surface area contributed by atoms with Crippen LogP contribution in [0.3, 0.4) is 0 Å². The van der Waals surface area contributed by atoms with Crippen molar-refractivity contribution < 1.29 is 9.26 Å². The third kappa shape index (κ3) is 3.79. The van der Waals surface area contributed by atoms with Crippen LogP contribution < -0.4 is 10.6 Å². The molecule has 1 aliphatic rings. The summed E-state index contributed by atoms with van der Waals surface area (Å²) in [6.07, 6.45) is 4.96. The number of aromatic nitrogens is 5. The standard InChI is InChI=1S/C22H22N8O2/c1-13(2)28-17-7-21(30-22-15(10-27-30)5-14(8-23)9-26-22)25-11-16(17)18-6-20(32-29-18)19-12-31-4-3-24-19/h5-7,9-11,13,19,24H,3-4,12H2,1-2H3,(H,25,28)/t19-/m1/s1. The number of morpholine rings is 1. The second-order valence-corrected chi connectivity index (χ2v) is 7.89. The summed E-state index contributed by atoms with van der Waals surface area (Å²) in [5.74, 6) is 1.34. The lowest BCUT2D eigenvalue weighted by Gasteiger charge is -2.21. The number of nitriles is 1. The van der Waals surface area contributed by atoms with Crippen molar-refractivity contribution in [3.63, 3.8) is 0 Å². The van der Waals surface area contributed by atoms with Gasteiger partial charge in [0, 0.05) is 53.8 Å². The number of fused-ring (bicyclic) bond motifs is 1. The molecule has 162 valence electrons. The molecule has 0 radical (unpaired) electrons. The quantitative estimate of drug-likeness (QED) is 0.491. The molecular formula is C22H22N8O2. The topological polar surface area (TPSA) is 127 Å². The molecule has 0 saturated carbocycles. The Balaban J connectivity index is 1.53. The van der Waals surface area contributed by atoms with Crippen LogP contribution in [0.2, 0.25) is 0 Å². The van der Waals surface area contributed by atoms with Crippen molar-refractivity contribution in [2.75, 3.05) is 25.1 Å². The van der Waals surface area contributed by atoms with Crippen LogP contribution in [0.1, 0.15) is 31.2 Å². The molecule has 5 rings (SSSR count). The Hall–Kier alpha value is -3.81. The Kier molecular flexibility index (Phi) is 5.26. The molecule has 1 aliphatic heterocycles. The minimum atomic E-state index is -0.0152. The van der Waals surface area contributed by atoms with Gasteiger partial charge in [0.15, 0.2) is 17.2 Å². The molecule has 4 aromatic heterocycles. The third-order valence-electron chi connectivity index (χ3n) is 5.16. The molecule has 0 aromatic carbocycles. The highest BCUT2D eigenvalue weighted by molar-refractivity contribution is 5.79. The number of pyridine rings is 2. The average Bonchev–Trinajstić information content (AvgIpc) is 3.46. The summed E-state index contributed by atoms with van der Waals surface area (Å²) in [6.45, 7) is 6.15. The van der Waals surface area contributed by atoms with E-state index in [0.717, 1.165) is 28.9 Å². The number of anilines is 1. The molecule has 0 amide bonds. The van der Waals surface area contributed by atoms with Crippen molar-refractivity contribution in [2.45, 2.75) is 25.9 Å². The van der Waals surface area contributed by atoms with Crippen molar-refractivity contribution in [3.8, 4) is 23.1 Å². The fraction of sp³-hybridized carbons (Fsp3) is 0.318. The van der Waals surface area contributed by atoms with Crippen LogP contribution >= 0.6 is 0 Å². The van der Waals surface area contributed by atoms with E-state index in [9.17, 15) is 0 Å². The van der Waals surface area contributed by atoms with Crippen molar-refractivity contribution in [3.05, 3.63) is 48.1 Å². The Labute approximate surface area is 184 Å². The van der Waals surface area contributed by atoms with Crippen LogP contribution in [-0.4, -0.2) is 50.7 Å². The normalized spacial score (nSPS) is 16.4. The van der Waals surface area contributed by atoms with E-state index in [1.165, 1.54) is 6.20 Å². The molecule has 0 bridgehead atoms. The number of nitrogens with zero attached hydrogens (tertiary/aromatic N) is 6. The highest BCUT2D eigenvalue weighted by Crippen LogP contribution is 2.31. The number of nitrogens with one attached hydrogen (secondary N) is 2. The molecule has 2 N–H and O–H groups in total. The van der Waals surface area contributed by atoms with Gasteiger partial charge in [-0.25, -0.2) is 9.97 Å². The summed E-state index contributed by atoms with van der Waals surface area (Å²) in [5.41, 5.74) is 3.49. The van der Waals surface area contributed by atoms with E-state index in [0.29, 0.717) is 35.9 Å². The zero-order valence-electron chi connectivity index (χ0n) is 17.7. The minimum Gasteiger partial charge on any atom is -0.382 e. The molecule has 10 nitrogen and oxygen atoms in total. The van der Waals surface area contributed by atoms with Gasteiger partial charge in [0.1, 0.15) is 11.8 Å². The first-order valence-electron chi connectivity index (χ1n) is 10.4. The van der Waals surface area contributed by atoms with Gasteiger partial charge in [-0.3, -0.25) is 0 Å². The Morgan fingerprint density at radius 1 is 1.22 bits per heavy atom. The summed E-state index contributed by atoms with van der Waals surface area (Å²) >= 11 is 0. The van der Waals surface area contributed by atoms with Crippen LogP contribution in [0.25, 0.3) is 28.1 Å². The fourth-order valence-corrected chi connectivity index (χ4v) is 3.67. The molecule has 0 aliphatic carbocycles. The van der Waals surface area contributed by atoms with E-state index in [1.807, 2.05) is 12.1 Å². The van der Waals surface area contributed by atoms with Crippen molar-refractivity contribution in [2.24, 2.45) is 0 Å². The SMILES string of the molecule is CC(C)Nc1cc(-n2ncc3cc(C#N)cnc32)ncc1-c1cc([C@H]2COCCN2)on1. The number of rotatable bonds is 5. The summed E-state index contributed by atoms with van der Waals surface area (Å²) in [7, 11) is 0. The van der Waals surface area contributed by atoms with Gasteiger partial charge in [-0.2, -0.15) is 15.0 Å². The molecule has 5 heterocycles. The lowest BCUT2D eigenvalue weighted by atomic mass is 10.1. The Morgan fingerprint density at radius 3 is 2.91 bits per heavy atom. The molecular weight excluding hydrogens is 408 g/mol. The van der Waals surface area contributed by atoms with Gasteiger partial charge in [-0.05, 0) is 19.9 Å². The van der Waals surface area contributed by atoms with E-state index in [2.05, 4.69) is 50.8 Å². The number of ether oxygens (including phenoxy) is 1. The van der Waals surface area contributed by atoms with Gasteiger partial charge in [-0.15, -0.1) is 0 Å². The third-order valence-corrected chi connectivity index (χ3v) is 5.16. The van der Waals surface area contributed by atoms with Gasteiger partial charge in [0.25, 0.3) is 0 Å². The summed E-state index contributed by atoms with van der Waals surface area (Å²) < 4.78 is 12.8. The lowest BCUT2D eigenvalue weighted by Crippen LogP contribution is -2.34. The maximum Gasteiger partial charge on any atom is 0.164 e. The van der Waals surface area contributed by atoms with Crippen LogP contribution in [0.15, 0.2) is 41.3 Å². The highest BCUT2D eigenvalue weighted by Gasteiger charge is 2.22. The Bertz CT molecular complexity index is 1300. The van der Waals surface area contributed by atoms with Crippen LogP contribution in [-0.2, 0) is 4.74 Å². The molecule has 1 atom stereocenters. The molecule has 32 heavy (non-hydrogen) atoms. The predicted molar refractivity (Wildman–Crippen MR) is 117 cm³/mol. The van der Waals surface area contributed by atoms with E-state index in [1.54, 1.807) is 23.1 Å². The van der Waals surface area contributed by atoms with Crippen LogP contribution in [0.4, 0.5) is 5.69 Å². The Morgan fingerprint density at radius 2 is 2.12 bits per heavy atom. The molecule has 0 unspecified atom stereocenters. The second kappa shape index (κ2) is 8.37. The van der Waals surface area contributed by atoms with E-state index in [-0.39, 0.29) is 12.1 Å². The minimum absolute atomic E-state index is 0.0152. The molecule has 1 saturated heterocycles. The predicted octanol–water partition coefficient (Wildman–Crippen LogP) is 2.82. The monoisotopic (exact) mass is 430 g/mol. The van der Waals surface area contributed by atoms with Crippen molar-refractivity contribution in [1.82, 2.24) is 30.2 Å². The smallest absolute Gasteiger partial charge is 0.164 e. The molecule has 0 spiro atoms. The van der Waals surface area contributed by atoms with Gasteiger partial charge in [-0.1, -0.05) is 5.16 Å². The van der Waals surface area contributed by atoms with Gasteiger partial charge in [0.2, 0.25) is 0 Å². The van der Waals surface area contributed by atoms with Gasteiger partial charge in [0.05, 0.1) is 31.0 Å². The van der Waals surface area contributed by atoms with Gasteiger partial charge >= 0.3 is 0 Å². The largest absolute Gasteiger partial charge is 0.382 e. The summed E-state index contributed by atoms with van der Waals surface area (Å²) in [4.78, 5) is 9.00. The zero-order chi connectivity index (χ0) is 22.1. The van der Waals surface area contributed by atoms with E-state index >= 15 is 0 Å². The maximum atomic E-state index is 9.10. The molecule has 1 fully saturated rings. The summed E-state index contributed by atoms with van der Waals surface area (Å²) in [5, 5.41) is 25.4. The first-order valence-corrected chi connectivity index (χ1v) is 10.4. The number of hydrogen-bond donors (Lipinski definition) is 2. The fourth-order valence-electron chi connectivity index (χ4n) is 3.67. The molecule has 10 heteroatoms. The number of hydrogen-bond acceptors (Lipinski definition) is 9. The van der Waals surface area contributed by atoms with E-state index < -0.39 is 0 Å². The highest BCUT2D eigenvalue weighted by atomic mass is 16.5. The van der Waals surface area contributed by atoms with Crippen molar-refractivity contribution >= 4 is 16.7 Å².